The molecule has 0 radical (unpaired) electrons. The van der Waals surface area contributed by atoms with Gasteiger partial charge >= 0.3 is 5.97 Å². The standard InChI is InChI=1S/C22H35NO4/c1-13(2)7-8-14(3)20(24)10-9-16-17-11-15-5-4-6-18(22(26)27)23(15)19(17)12-21(16)25/h7,9-10,14-21,24-25H,4-6,8,11-12H2,1-3H3,(H,26,27)/t14?,15?,16-,17-,18?,19?,20-,21-/m1/s1. The second-order valence-electron chi connectivity index (χ2n) is 9.10. The van der Waals surface area contributed by atoms with Gasteiger partial charge in [0, 0.05) is 18.0 Å². The number of piperidine rings is 1. The van der Waals surface area contributed by atoms with E-state index < -0.39 is 24.2 Å². The monoisotopic (exact) mass is 377 g/mol. The SMILES string of the molecule is CC(C)=CCC(C)[C@H](O)C=C[C@H]1[C@H](O)CC2[C@@H]1CC1CCCC(C(=O)O)N12. The lowest BCUT2D eigenvalue weighted by molar-refractivity contribution is -0.146. The van der Waals surface area contributed by atoms with Crippen LogP contribution in [0, 0.1) is 17.8 Å². The van der Waals surface area contributed by atoms with Crippen LogP contribution in [-0.4, -0.2) is 56.5 Å². The van der Waals surface area contributed by atoms with E-state index in [1.165, 1.54) is 5.57 Å². The van der Waals surface area contributed by atoms with E-state index in [1.54, 1.807) is 0 Å². The average molecular weight is 378 g/mol. The van der Waals surface area contributed by atoms with Crippen molar-refractivity contribution in [1.82, 2.24) is 4.90 Å². The minimum Gasteiger partial charge on any atom is -0.480 e. The molecule has 3 rings (SSSR count). The fourth-order valence-corrected chi connectivity index (χ4v) is 5.45. The van der Waals surface area contributed by atoms with Crippen molar-refractivity contribution in [3.8, 4) is 0 Å². The molecular weight excluding hydrogens is 342 g/mol. The zero-order valence-corrected chi connectivity index (χ0v) is 16.8. The minimum atomic E-state index is -0.725. The van der Waals surface area contributed by atoms with Crippen LogP contribution in [0.4, 0.5) is 0 Å². The number of hydrogen-bond acceptors (Lipinski definition) is 4. The summed E-state index contributed by atoms with van der Waals surface area (Å²) >= 11 is 0. The van der Waals surface area contributed by atoms with Gasteiger partial charge in [0.25, 0.3) is 0 Å². The van der Waals surface area contributed by atoms with Gasteiger partial charge < -0.3 is 15.3 Å². The molecule has 3 N–H and O–H groups in total. The molecule has 2 saturated heterocycles. The zero-order chi connectivity index (χ0) is 19.7. The van der Waals surface area contributed by atoms with Crippen LogP contribution in [-0.2, 0) is 4.79 Å². The quantitative estimate of drug-likeness (QED) is 0.620. The lowest BCUT2D eigenvalue weighted by atomic mass is 9.88. The second-order valence-corrected chi connectivity index (χ2v) is 9.10. The number of aliphatic carboxylic acids is 1. The summed E-state index contributed by atoms with van der Waals surface area (Å²) in [4.78, 5) is 13.9. The maximum absolute atomic E-state index is 11.7. The fourth-order valence-electron chi connectivity index (χ4n) is 5.45. The normalized spacial score (nSPS) is 38.4. The molecule has 1 aliphatic carbocycles. The molecule has 3 aliphatic rings. The number of nitrogens with zero attached hydrogens (tertiary/aromatic N) is 1. The summed E-state index contributed by atoms with van der Waals surface area (Å²) in [5, 5.41) is 30.7. The van der Waals surface area contributed by atoms with Gasteiger partial charge in [0.05, 0.1) is 12.2 Å². The Kier molecular flexibility index (Phi) is 6.44. The first-order valence-corrected chi connectivity index (χ1v) is 10.5. The Morgan fingerprint density at radius 3 is 2.67 bits per heavy atom. The Bertz CT molecular complexity index is 597. The predicted molar refractivity (Wildman–Crippen MR) is 105 cm³/mol. The number of fused-ring (bicyclic) bond motifs is 3. The molecule has 0 aromatic heterocycles. The Labute approximate surface area is 162 Å². The third kappa shape index (κ3) is 4.30. The van der Waals surface area contributed by atoms with Gasteiger partial charge in [-0.15, -0.1) is 0 Å². The second kappa shape index (κ2) is 8.46. The van der Waals surface area contributed by atoms with Crippen molar-refractivity contribution in [2.45, 2.75) is 89.6 Å². The molecule has 0 spiro atoms. The number of aliphatic hydroxyl groups excluding tert-OH is 2. The summed E-state index contributed by atoms with van der Waals surface area (Å²) < 4.78 is 0. The zero-order valence-electron chi connectivity index (χ0n) is 16.8. The molecule has 2 heterocycles. The summed E-state index contributed by atoms with van der Waals surface area (Å²) in [5.41, 5.74) is 1.25. The van der Waals surface area contributed by atoms with Gasteiger partial charge in [0.1, 0.15) is 6.04 Å². The van der Waals surface area contributed by atoms with Gasteiger partial charge in [-0.2, -0.15) is 0 Å². The van der Waals surface area contributed by atoms with Crippen LogP contribution in [0.1, 0.15) is 59.3 Å². The summed E-state index contributed by atoms with van der Waals surface area (Å²) in [6.07, 6.45) is 10.2. The number of rotatable bonds is 6. The third-order valence-electron chi connectivity index (χ3n) is 6.94. The predicted octanol–water partition coefficient (Wildman–Crippen LogP) is 2.97. The highest BCUT2D eigenvalue weighted by atomic mass is 16.4. The first-order chi connectivity index (χ1) is 12.8. The van der Waals surface area contributed by atoms with Gasteiger partial charge in [0.2, 0.25) is 0 Å². The summed E-state index contributed by atoms with van der Waals surface area (Å²) in [7, 11) is 0. The van der Waals surface area contributed by atoms with E-state index in [2.05, 4.69) is 24.8 Å². The van der Waals surface area contributed by atoms with Crippen LogP contribution >= 0.6 is 0 Å². The van der Waals surface area contributed by atoms with Gasteiger partial charge in [-0.1, -0.05) is 30.7 Å². The Balaban J connectivity index is 1.68. The van der Waals surface area contributed by atoms with Crippen molar-refractivity contribution < 1.29 is 20.1 Å². The smallest absolute Gasteiger partial charge is 0.320 e. The molecule has 0 amide bonds. The maximum Gasteiger partial charge on any atom is 0.320 e. The summed E-state index contributed by atoms with van der Waals surface area (Å²) in [5.74, 6) is -0.282. The Morgan fingerprint density at radius 1 is 1.26 bits per heavy atom. The van der Waals surface area contributed by atoms with Crippen LogP contribution in [0.15, 0.2) is 23.8 Å². The van der Waals surface area contributed by atoms with E-state index in [4.69, 9.17) is 0 Å². The molecule has 5 heteroatoms. The van der Waals surface area contributed by atoms with Gasteiger partial charge in [-0.25, -0.2) is 0 Å². The molecule has 8 atom stereocenters. The molecule has 5 nitrogen and oxygen atoms in total. The van der Waals surface area contributed by atoms with Crippen LogP contribution in [0.3, 0.4) is 0 Å². The van der Waals surface area contributed by atoms with Crippen molar-refractivity contribution in [3.63, 3.8) is 0 Å². The molecule has 0 aromatic rings. The molecule has 152 valence electrons. The van der Waals surface area contributed by atoms with Crippen molar-refractivity contribution in [2.75, 3.05) is 0 Å². The highest BCUT2D eigenvalue weighted by Crippen LogP contribution is 2.49. The molecular formula is C22H35NO4. The first-order valence-electron chi connectivity index (χ1n) is 10.5. The lowest BCUT2D eigenvalue weighted by Crippen LogP contribution is -2.51. The van der Waals surface area contributed by atoms with E-state index in [0.717, 1.165) is 25.7 Å². The highest BCUT2D eigenvalue weighted by molar-refractivity contribution is 5.73. The summed E-state index contributed by atoms with van der Waals surface area (Å²) in [6, 6.07) is 0.0874. The summed E-state index contributed by atoms with van der Waals surface area (Å²) in [6.45, 7) is 6.15. The largest absolute Gasteiger partial charge is 0.480 e. The topological polar surface area (TPSA) is 81.0 Å². The lowest BCUT2D eigenvalue weighted by Gasteiger charge is -2.38. The molecule has 0 bridgehead atoms. The molecule has 4 unspecified atom stereocenters. The van der Waals surface area contributed by atoms with Crippen LogP contribution in [0.2, 0.25) is 0 Å². The number of carboxylic acid groups (broad SMARTS) is 1. The number of carbonyl (C=O) groups is 1. The fraction of sp³-hybridized carbons (Fsp3) is 0.773. The van der Waals surface area contributed by atoms with Crippen molar-refractivity contribution >= 4 is 5.97 Å². The van der Waals surface area contributed by atoms with Crippen LogP contribution in [0.25, 0.3) is 0 Å². The number of allylic oxidation sites excluding steroid dienone is 2. The first kappa shape index (κ1) is 20.6. The van der Waals surface area contributed by atoms with Gasteiger partial charge in [0.15, 0.2) is 0 Å². The van der Waals surface area contributed by atoms with Crippen molar-refractivity contribution in [1.29, 1.82) is 0 Å². The average Bonchev–Trinajstić information content (AvgIpc) is 3.11. The van der Waals surface area contributed by atoms with Crippen molar-refractivity contribution in [2.24, 2.45) is 17.8 Å². The van der Waals surface area contributed by atoms with Crippen molar-refractivity contribution in [3.05, 3.63) is 23.8 Å². The van der Waals surface area contributed by atoms with E-state index in [-0.39, 0.29) is 17.9 Å². The highest BCUT2D eigenvalue weighted by Gasteiger charge is 2.54. The Hall–Kier alpha value is -1.17. The minimum absolute atomic E-state index is 0.0142. The number of hydrogen-bond donors (Lipinski definition) is 3. The molecule has 3 fully saturated rings. The van der Waals surface area contributed by atoms with Crippen LogP contribution in [0.5, 0.6) is 0 Å². The molecule has 0 aromatic carbocycles. The Morgan fingerprint density at radius 2 is 2.00 bits per heavy atom. The van der Waals surface area contributed by atoms with E-state index in [0.29, 0.717) is 24.8 Å². The number of aliphatic hydroxyl groups is 2. The van der Waals surface area contributed by atoms with E-state index >= 15 is 0 Å². The maximum atomic E-state index is 11.7. The van der Waals surface area contributed by atoms with E-state index in [9.17, 15) is 20.1 Å². The van der Waals surface area contributed by atoms with E-state index in [1.807, 2.05) is 19.1 Å². The number of carboxylic acids is 1. The molecule has 27 heavy (non-hydrogen) atoms. The van der Waals surface area contributed by atoms with Gasteiger partial charge in [-0.05, 0) is 64.2 Å². The molecule has 2 aliphatic heterocycles. The third-order valence-corrected chi connectivity index (χ3v) is 6.94. The van der Waals surface area contributed by atoms with Crippen LogP contribution < -0.4 is 0 Å². The molecule has 1 saturated carbocycles. The van der Waals surface area contributed by atoms with Gasteiger partial charge in [-0.3, -0.25) is 9.69 Å².